The number of rotatable bonds is 21. The van der Waals surface area contributed by atoms with Gasteiger partial charge in [0, 0.05) is 12.5 Å². The van der Waals surface area contributed by atoms with Gasteiger partial charge in [0.2, 0.25) is 0 Å². The average Bonchev–Trinajstić information content (AvgIpc) is 3.03. The maximum absolute atomic E-state index is 6.37. The first kappa shape index (κ1) is 39.1. The van der Waals surface area contributed by atoms with E-state index < -0.39 is 8.80 Å². The second-order valence-electron chi connectivity index (χ2n) is 13.3. The van der Waals surface area contributed by atoms with E-state index in [1.54, 1.807) is 0 Å². The van der Waals surface area contributed by atoms with E-state index in [1.165, 1.54) is 109 Å². The lowest BCUT2D eigenvalue weighted by molar-refractivity contribution is -0.890. The quantitative estimate of drug-likeness (QED) is 0.0756. The molecule has 0 aliphatic carbocycles. The third-order valence-electron chi connectivity index (χ3n) is 8.70. The molecule has 0 aromatic carbocycles. The molecule has 256 valence electrons. The fourth-order valence-electron chi connectivity index (χ4n) is 5.98. The van der Waals surface area contributed by atoms with Crippen molar-refractivity contribution in [2.45, 2.75) is 128 Å². The first-order chi connectivity index (χ1) is 21.1. The zero-order chi connectivity index (χ0) is 30.7. The summed E-state index contributed by atoms with van der Waals surface area (Å²) in [6.07, 6.45) is 23.5. The molecule has 2 rings (SSSR count). The number of fused-ring (bicyclic) bond motifs is 5. The zero-order valence-electron chi connectivity index (χ0n) is 28.6. The highest BCUT2D eigenvalue weighted by molar-refractivity contribution is 6.60. The highest BCUT2D eigenvalue weighted by Gasteiger charge is 2.42. The van der Waals surface area contributed by atoms with Gasteiger partial charge >= 0.3 is 8.80 Å². The van der Waals surface area contributed by atoms with Gasteiger partial charge in [-0.05, 0) is 12.8 Å². The first-order valence-electron chi connectivity index (χ1n) is 18.1. The second-order valence-corrected chi connectivity index (χ2v) is 16.0. The van der Waals surface area contributed by atoms with Gasteiger partial charge in [-0.15, -0.1) is 0 Å². The Labute approximate surface area is 266 Å². The molecular formula is C34H70NO7Si+. The van der Waals surface area contributed by atoms with Crippen molar-refractivity contribution in [2.75, 3.05) is 93.3 Å². The Morgan fingerprint density at radius 3 is 1.47 bits per heavy atom. The van der Waals surface area contributed by atoms with Gasteiger partial charge in [-0.25, -0.2) is 0 Å². The molecule has 2 fully saturated rings. The van der Waals surface area contributed by atoms with Crippen LogP contribution in [-0.2, 0) is 32.2 Å². The summed E-state index contributed by atoms with van der Waals surface area (Å²) in [5.41, 5.74) is 0. The minimum Gasteiger partial charge on any atom is -0.377 e. The van der Waals surface area contributed by atoms with Gasteiger partial charge in [-0.3, -0.25) is 0 Å². The van der Waals surface area contributed by atoms with Crippen molar-refractivity contribution in [1.82, 2.24) is 0 Å². The molecule has 43 heavy (non-hydrogen) atoms. The summed E-state index contributed by atoms with van der Waals surface area (Å²) in [6, 6.07) is 0.806. The van der Waals surface area contributed by atoms with E-state index in [-0.39, 0.29) is 6.10 Å². The Morgan fingerprint density at radius 2 is 0.907 bits per heavy atom. The van der Waals surface area contributed by atoms with Gasteiger partial charge < -0.3 is 36.7 Å². The Kier molecular flexibility index (Phi) is 23.6. The molecule has 8 nitrogen and oxygen atoms in total. The molecule has 2 atom stereocenters. The molecule has 0 aromatic rings. The van der Waals surface area contributed by atoms with Crippen LogP contribution in [0.4, 0.5) is 0 Å². The van der Waals surface area contributed by atoms with Crippen LogP contribution >= 0.6 is 0 Å². The molecule has 0 amide bonds. The number of nitrogens with zero attached hydrogens (tertiary/aromatic N) is 1. The van der Waals surface area contributed by atoms with Gasteiger partial charge in [0.25, 0.3) is 0 Å². The van der Waals surface area contributed by atoms with E-state index in [0.717, 1.165) is 23.5 Å². The molecule has 2 unspecified atom stereocenters. The van der Waals surface area contributed by atoms with Crippen molar-refractivity contribution >= 4 is 8.80 Å². The largest absolute Gasteiger partial charge is 0.501 e. The fraction of sp³-hybridized carbons (Fsp3) is 1.00. The number of hydrogen-bond donors (Lipinski definition) is 0. The third kappa shape index (κ3) is 21.3. The molecular weight excluding hydrogens is 562 g/mol. The van der Waals surface area contributed by atoms with E-state index in [9.17, 15) is 0 Å². The van der Waals surface area contributed by atoms with Crippen LogP contribution in [0.15, 0.2) is 0 Å². The molecule has 2 aliphatic heterocycles. The van der Waals surface area contributed by atoms with Gasteiger partial charge in [0.15, 0.2) is 0 Å². The number of hydrogen-bond acceptors (Lipinski definition) is 7. The smallest absolute Gasteiger partial charge is 0.377 e. The Morgan fingerprint density at radius 1 is 0.488 bits per heavy atom. The van der Waals surface area contributed by atoms with Gasteiger partial charge in [0.05, 0.1) is 93.3 Å². The van der Waals surface area contributed by atoms with E-state index in [1.807, 2.05) is 0 Å². The fourth-order valence-corrected chi connectivity index (χ4v) is 8.44. The van der Waals surface area contributed by atoms with Crippen LogP contribution < -0.4 is 0 Å². The molecule has 0 aromatic heterocycles. The van der Waals surface area contributed by atoms with Crippen molar-refractivity contribution in [2.24, 2.45) is 0 Å². The van der Waals surface area contributed by atoms with Crippen LogP contribution in [0.2, 0.25) is 6.04 Å². The highest BCUT2D eigenvalue weighted by Crippen LogP contribution is 2.21. The number of quaternary nitrogens is 1. The molecule has 0 spiro atoms. The summed E-state index contributed by atoms with van der Waals surface area (Å²) in [5, 5.41) is 0. The van der Waals surface area contributed by atoms with Gasteiger partial charge in [-0.2, -0.15) is 0 Å². The van der Waals surface area contributed by atoms with Crippen LogP contribution in [0, 0.1) is 0 Å². The summed E-state index contributed by atoms with van der Waals surface area (Å²) in [5.74, 6) is 0. The summed E-state index contributed by atoms with van der Waals surface area (Å²) in [7, 11) is 1.85. The Balaban J connectivity index is 1.57. The van der Waals surface area contributed by atoms with Crippen LogP contribution in [0.3, 0.4) is 0 Å². The van der Waals surface area contributed by atoms with Crippen molar-refractivity contribution in [3.8, 4) is 0 Å². The van der Waals surface area contributed by atoms with Gasteiger partial charge in [0.1, 0.15) is 6.10 Å². The van der Waals surface area contributed by atoms with Crippen molar-refractivity contribution in [3.05, 3.63) is 0 Å². The Hall–Kier alpha value is -0.103. The van der Waals surface area contributed by atoms with Crippen LogP contribution in [0.25, 0.3) is 0 Å². The summed E-state index contributed by atoms with van der Waals surface area (Å²) < 4.78 is 43.3. The monoisotopic (exact) mass is 632 g/mol. The van der Waals surface area contributed by atoms with Crippen molar-refractivity contribution < 1.29 is 36.7 Å². The minimum atomic E-state index is -2.86. The molecule has 2 aliphatic rings. The lowest BCUT2D eigenvalue weighted by atomic mass is 10.0. The molecule has 2 bridgehead atoms. The standard InChI is InChI=1S/C34H70NO7Si/c1-4-5-6-7-8-9-10-11-12-13-14-15-16-17-18-19-21-35(2,3)22-20-31-43-40-28-25-36-23-24-37-32-34(39-27-30-42-43)33-38-26-29-41-43/h34H,4-33H2,1-3H3/q+1. The maximum Gasteiger partial charge on any atom is 0.501 e. The maximum atomic E-state index is 6.37. The van der Waals surface area contributed by atoms with Crippen LogP contribution in [0.1, 0.15) is 116 Å². The van der Waals surface area contributed by atoms with E-state index in [0.29, 0.717) is 66.1 Å². The third-order valence-corrected chi connectivity index (χ3v) is 11.6. The highest BCUT2D eigenvalue weighted by atomic mass is 28.4. The van der Waals surface area contributed by atoms with Crippen LogP contribution in [-0.4, -0.2) is 113 Å². The lowest BCUT2D eigenvalue weighted by Crippen LogP contribution is -2.49. The van der Waals surface area contributed by atoms with E-state index in [2.05, 4.69) is 21.0 Å². The van der Waals surface area contributed by atoms with Crippen molar-refractivity contribution in [3.63, 3.8) is 0 Å². The number of ether oxygens (including phenoxy) is 4. The summed E-state index contributed by atoms with van der Waals surface area (Å²) in [6.45, 7) is 9.56. The second kappa shape index (κ2) is 26.0. The van der Waals surface area contributed by atoms with Crippen molar-refractivity contribution in [1.29, 1.82) is 0 Å². The SMILES string of the molecule is CCCCCCCCCCCCCCCCCC[N+](C)(C)CCC[Si]12OCCOCCOCC(COCCO1)OCCO2. The van der Waals surface area contributed by atoms with E-state index in [4.69, 9.17) is 32.2 Å². The molecule has 2 heterocycles. The molecule has 0 N–H and O–H groups in total. The van der Waals surface area contributed by atoms with Gasteiger partial charge in [-0.1, -0.05) is 96.8 Å². The Bertz CT molecular complexity index is 630. The molecule has 9 heteroatoms. The predicted molar refractivity (Wildman–Crippen MR) is 177 cm³/mol. The summed E-state index contributed by atoms with van der Waals surface area (Å²) >= 11 is 0. The minimum absolute atomic E-state index is 0.107. The predicted octanol–water partition coefficient (Wildman–Crippen LogP) is 7.17. The first-order valence-corrected chi connectivity index (χ1v) is 20.1. The zero-order valence-corrected chi connectivity index (χ0v) is 29.6. The summed E-state index contributed by atoms with van der Waals surface area (Å²) in [4.78, 5) is 0. The normalized spacial score (nSPS) is 23.4. The van der Waals surface area contributed by atoms with E-state index >= 15 is 0 Å². The number of unbranched alkanes of at least 4 members (excludes halogenated alkanes) is 15. The van der Waals surface area contributed by atoms with Crippen LogP contribution in [0.5, 0.6) is 0 Å². The topological polar surface area (TPSA) is 64.6 Å². The molecule has 0 radical (unpaired) electrons. The average molecular weight is 633 g/mol. The lowest BCUT2D eigenvalue weighted by Gasteiger charge is -2.33. The molecule has 2 saturated heterocycles. The molecule has 0 saturated carbocycles.